The Bertz CT molecular complexity index is 830. The van der Waals surface area contributed by atoms with Crippen LogP contribution < -0.4 is 5.32 Å². The van der Waals surface area contributed by atoms with Crippen molar-refractivity contribution in [3.05, 3.63) is 75.5 Å². The van der Waals surface area contributed by atoms with Crippen LogP contribution in [0.3, 0.4) is 0 Å². The molecule has 1 heterocycles. The van der Waals surface area contributed by atoms with Crippen LogP contribution in [-0.4, -0.2) is 16.8 Å². The maximum atomic E-state index is 14.0. The summed E-state index contributed by atoms with van der Waals surface area (Å²) in [7, 11) is 0. The monoisotopic (exact) mass is 375 g/mol. The van der Waals surface area contributed by atoms with Gasteiger partial charge in [-0.05, 0) is 18.2 Å². The number of hydrogen-bond acceptors (Lipinski definition) is 3. The number of carbonyl (C=O) groups is 2. The van der Waals surface area contributed by atoms with Crippen molar-refractivity contribution < 1.29 is 19.1 Å². The molecular weight excluding hydrogens is 365 g/mol. The average molecular weight is 376 g/mol. The summed E-state index contributed by atoms with van der Waals surface area (Å²) in [5, 5.41) is 12.9. The Labute approximate surface area is 139 Å². The number of amides is 1. The van der Waals surface area contributed by atoms with Crippen LogP contribution in [0.5, 0.6) is 0 Å². The molecule has 6 heteroatoms. The molecule has 0 radical (unpaired) electrons. The first-order valence-corrected chi connectivity index (χ1v) is 7.57. The third kappa shape index (κ3) is 2.77. The quantitative estimate of drug-likeness (QED) is 0.480. The molecule has 0 spiro atoms. The Hall–Kier alpha value is -2.47. The smallest absolute Gasteiger partial charge is 0.293 e. The molecule has 1 saturated heterocycles. The summed E-state index contributed by atoms with van der Waals surface area (Å²) in [6.45, 7) is 0. The van der Waals surface area contributed by atoms with Gasteiger partial charge in [-0.3, -0.25) is 9.59 Å². The highest BCUT2D eigenvalue weighted by Crippen LogP contribution is 2.34. The van der Waals surface area contributed by atoms with E-state index in [2.05, 4.69) is 21.2 Å². The largest absolute Gasteiger partial charge is 0.507 e. The molecule has 23 heavy (non-hydrogen) atoms. The topological polar surface area (TPSA) is 66.4 Å². The maximum Gasteiger partial charge on any atom is 0.293 e. The van der Waals surface area contributed by atoms with Crippen molar-refractivity contribution in [3.63, 3.8) is 0 Å². The minimum absolute atomic E-state index is 0.130. The lowest BCUT2D eigenvalue weighted by molar-refractivity contribution is -0.133. The zero-order chi connectivity index (χ0) is 16.6. The van der Waals surface area contributed by atoms with Crippen LogP contribution in [0.1, 0.15) is 17.2 Å². The Balaban J connectivity index is 2.15. The Morgan fingerprint density at radius 2 is 1.74 bits per heavy atom. The molecule has 2 aromatic carbocycles. The lowest BCUT2D eigenvalue weighted by atomic mass is 9.95. The van der Waals surface area contributed by atoms with E-state index in [-0.39, 0.29) is 16.9 Å². The number of ketones is 1. The van der Waals surface area contributed by atoms with Gasteiger partial charge in [0, 0.05) is 15.6 Å². The van der Waals surface area contributed by atoms with E-state index in [1.807, 2.05) is 0 Å². The van der Waals surface area contributed by atoms with E-state index < -0.39 is 23.5 Å². The molecule has 1 atom stereocenters. The van der Waals surface area contributed by atoms with Gasteiger partial charge in [0.15, 0.2) is 0 Å². The molecule has 1 amide bonds. The molecule has 0 saturated carbocycles. The van der Waals surface area contributed by atoms with Crippen LogP contribution in [-0.2, 0) is 9.59 Å². The van der Waals surface area contributed by atoms with Gasteiger partial charge >= 0.3 is 0 Å². The Morgan fingerprint density at radius 3 is 2.39 bits per heavy atom. The summed E-state index contributed by atoms with van der Waals surface area (Å²) in [6, 6.07) is 11.4. The molecule has 4 nitrogen and oxygen atoms in total. The average Bonchev–Trinajstić information content (AvgIpc) is 2.83. The number of hydrogen-bond donors (Lipinski definition) is 2. The molecule has 0 bridgehead atoms. The van der Waals surface area contributed by atoms with Gasteiger partial charge in [0.05, 0.1) is 11.6 Å². The SMILES string of the molecule is O=C1N[C@@H](c2ccccc2F)/C(=C(\O)c2ccc(Br)cc2)C1=O. The highest BCUT2D eigenvalue weighted by Gasteiger charge is 2.40. The summed E-state index contributed by atoms with van der Waals surface area (Å²) in [4.78, 5) is 23.9. The molecule has 0 aliphatic carbocycles. The fraction of sp³-hybridized carbons (Fsp3) is 0.0588. The van der Waals surface area contributed by atoms with Crippen molar-refractivity contribution in [1.29, 1.82) is 0 Å². The van der Waals surface area contributed by atoms with Crippen LogP contribution in [0.2, 0.25) is 0 Å². The highest BCUT2D eigenvalue weighted by atomic mass is 79.9. The number of rotatable bonds is 2. The van der Waals surface area contributed by atoms with Gasteiger partial charge in [-0.15, -0.1) is 0 Å². The summed E-state index contributed by atoms with van der Waals surface area (Å²) in [5.41, 5.74) is 0.349. The second kappa shape index (κ2) is 5.96. The van der Waals surface area contributed by atoms with Gasteiger partial charge in [0.25, 0.3) is 11.7 Å². The van der Waals surface area contributed by atoms with E-state index in [4.69, 9.17) is 0 Å². The van der Waals surface area contributed by atoms with Crippen LogP contribution in [0.25, 0.3) is 5.76 Å². The van der Waals surface area contributed by atoms with E-state index in [9.17, 15) is 19.1 Å². The van der Waals surface area contributed by atoms with Crippen LogP contribution in [0.4, 0.5) is 4.39 Å². The standard InChI is InChI=1S/C17H11BrFNO3/c18-10-7-5-9(6-8-10)15(21)13-14(20-17(23)16(13)22)11-3-1-2-4-12(11)19/h1-8,14,21H,(H,20,23)/b15-13+/t14-/m0/s1. The Kier molecular flexibility index (Phi) is 4.00. The number of aliphatic hydroxyl groups excluding tert-OH is 1. The van der Waals surface area contributed by atoms with E-state index in [0.717, 1.165) is 4.47 Å². The van der Waals surface area contributed by atoms with E-state index >= 15 is 0 Å². The van der Waals surface area contributed by atoms with Crippen molar-refractivity contribution in [2.45, 2.75) is 6.04 Å². The number of halogens is 2. The third-order valence-corrected chi connectivity index (χ3v) is 4.13. The third-order valence-electron chi connectivity index (χ3n) is 3.60. The first-order valence-electron chi connectivity index (χ1n) is 6.77. The van der Waals surface area contributed by atoms with Gasteiger partial charge in [0.1, 0.15) is 11.6 Å². The van der Waals surface area contributed by atoms with E-state index in [0.29, 0.717) is 5.56 Å². The first kappa shape index (κ1) is 15.4. The van der Waals surface area contributed by atoms with Gasteiger partial charge in [0.2, 0.25) is 0 Å². The first-order chi connectivity index (χ1) is 11.0. The fourth-order valence-electron chi connectivity index (χ4n) is 2.47. The number of aliphatic hydroxyl groups is 1. The summed E-state index contributed by atoms with van der Waals surface area (Å²) in [6.07, 6.45) is 0. The number of benzene rings is 2. The fourth-order valence-corrected chi connectivity index (χ4v) is 2.74. The van der Waals surface area contributed by atoms with Crippen molar-refractivity contribution in [2.24, 2.45) is 0 Å². The lowest BCUT2D eigenvalue weighted by Crippen LogP contribution is -2.21. The minimum Gasteiger partial charge on any atom is -0.507 e. The van der Waals surface area contributed by atoms with Gasteiger partial charge in [-0.25, -0.2) is 4.39 Å². The zero-order valence-electron chi connectivity index (χ0n) is 11.7. The van der Waals surface area contributed by atoms with Crippen molar-refractivity contribution in [1.82, 2.24) is 5.32 Å². The normalized spacial score (nSPS) is 19.7. The van der Waals surface area contributed by atoms with Crippen LogP contribution in [0, 0.1) is 5.82 Å². The van der Waals surface area contributed by atoms with E-state index in [1.54, 1.807) is 30.3 Å². The van der Waals surface area contributed by atoms with Gasteiger partial charge < -0.3 is 10.4 Å². The predicted octanol–water partition coefficient (Wildman–Crippen LogP) is 3.30. The van der Waals surface area contributed by atoms with Gasteiger partial charge in [-0.1, -0.05) is 46.3 Å². The summed E-state index contributed by atoms with van der Waals surface area (Å²) >= 11 is 3.28. The minimum atomic E-state index is -1.01. The maximum absolute atomic E-state index is 14.0. The molecule has 3 rings (SSSR count). The zero-order valence-corrected chi connectivity index (χ0v) is 13.3. The number of nitrogens with one attached hydrogen (secondary N) is 1. The number of carbonyl (C=O) groups excluding carboxylic acids is 2. The molecule has 1 aliphatic rings. The molecular formula is C17H11BrFNO3. The molecule has 0 aromatic heterocycles. The van der Waals surface area contributed by atoms with Gasteiger partial charge in [-0.2, -0.15) is 0 Å². The lowest BCUT2D eigenvalue weighted by Gasteiger charge is -2.14. The molecule has 0 unspecified atom stereocenters. The van der Waals surface area contributed by atoms with Crippen molar-refractivity contribution in [3.8, 4) is 0 Å². The second-order valence-electron chi connectivity index (χ2n) is 5.03. The van der Waals surface area contributed by atoms with Crippen molar-refractivity contribution in [2.75, 3.05) is 0 Å². The Morgan fingerprint density at radius 1 is 1.09 bits per heavy atom. The number of Topliss-reactive ketones (excluding diaryl/α,β-unsaturated/α-hetero) is 1. The van der Waals surface area contributed by atoms with Crippen LogP contribution in [0.15, 0.2) is 58.6 Å². The molecule has 116 valence electrons. The molecule has 2 aromatic rings. The molecule has 1 fully saturated rings. The van der Waals surface area contributed by atoms with E-state index in [1.165, 1.54) is 18.2 Å². The molecule has 1 aliphatic heterocycles. The van der Waals surface area contributed by atoms with Crippen molar-refractivity contribution >= 4 is 33.4 Å². The predicted molar refractivity (Wildman–Crippen MR) is 86.0 cm³/mol. The second-order valence-corrected chi connectivity index (χ2v) is 5.94. The summed E-state index contributed by atoms with van der Waals surface area (Å²) < 4.78 is 14.8. The molecule has 2 N–H and O–H groups in total. The highest BCUT2D eigenvalue weighted by molar-refractivity contribution is 9.10. The van der Waals surface area contributed by atoms with Crippen LogP contribution >= 0.6 is 15.9 Å². The summed E-state index contributed by atoms with van der Waals surface area (Å²) in [5.74, 6) is -2.63.